The van der Waals surface area contributed by atoms with Crippen LogP contribution in [0.4, 0.5) is 0 Å². The van der Waals surface area contributed by atoms with Gasteiger partial charge >= 0.3 is 0 Å². The number of likely N-dealkylation sites (tertiary alicyclic amines) is 1. The average Bonchev–Trinajstić information content (AvgIpc) is 3.15. The summed E-state index contributed by atoms with van der Waals surface area (Å²) in [6.07, 6.45) is 4.11. The van der Waals surface area contributed by atoms with Crippen LogP contribution >= 0.6 is 11.6 Å². The molecule has 0 radical (unpaired) electrons. The highest BCUT2D eigenvalue weighted by atomic mass is 35.5. The Hall–Kier alpha value is -2.28. The van der Waals surface area contributed by atoms with E-state index in [9.17, 15) is 14.4 Å². The van der Waals surface area contributed by atoms with E-state index in [4.69, 9.17) is 16.3 Å². The van der Waals surface area contributed by atoms with Crippen LogP contribution in [0.1, 0.15) is 48.9 Å². The fraction of sp³-hybridized carbons (Fsp3) is 0.591. The first kappa shape index (κ1) is 22.4. The maximum atomic E-state index is 12.8. The van der Waals surface area contributed by atoms with Gasteiger partial charge in [0.1, 0.15) is 5.75 Å². The van der Waals surface area contributed by atoms with Gasteiger partial charge in [-0.3, -0.25) is 14.4 Å². The monoisotopic (exact) mass is 435 g/mol. The Morgan fingerprint density at radius 1 is 1.07 bits per heavy atom. The first-order valence-corrected chi connectivity index (χ1v) is 11.1. The maximum absolute atomic E-state index is 12.8. The molecule has 3 rings (SSSR count). The van der Waals surface area contributed by atoms with Crippen LogP contribution in [0, 0.1) is 0 Å². The van der Waals surface area contributed by atoms with Crippen molar-refractivity contribution in [1.82, 2.24) is 14.7 Å². The second kappa shape index (κ2) is 10.7. The van der Waals surface area contributed by atoms with Gasteiger partial charge in [0.05, 0.1) is 12.2 Å². The van der Waals surface area contributed by atoms with Crippen LogP contribution in [0.25, 0.3) is 0 Å². The van der Waals surface area contributed by atoms with Gasteiger partial charge in [0.25, 0.3) is 5.91 Å². The molecule has 3 amide bonds. The van der Waals surface area contributed by atoms with Crippen LogP contribution in [0.2, 0.25) is 5.02 Å². The molecule has 164 valence electrons. The SMILES string of the molecule is CN1CCCCN(C(=O)CCN2CCCC2=O)CCCOc2ccc(Cl)cc2C1=O. The summed E-state index contributed by atoms with van der Waals surface area (Å²) in [5, 5.41) is 0.497. The summed E-state index contributed by atoms with van der Waals surface area (Å²) in [7, 11) is 1.77. The van der Waals surface area contributed by atoms with E-state index < -0.39 is 0 Å². The van der Waals surface area contributed by atoms with Gasteiger partial charge in [-0.1, -0.05) is 11.6 Å². The van der Waals surface area contributed by atoms with E-state index in [1.54, 1.807) is 35.0 Å². The van der Waals surface area contributed by atoms with Crippen LogP contribution in [0.3, 0.4) is 0 Å². The summed E-state index contributed by atoms with van der Waals surface area (Å²) in [4.78, 5) is 42.6. The molecule has 1 saturated heterocycles. The van der Waals surface area contributed by atoms with Crippen LogP contribution in [-0.2, 0) is 9.59 Å². The Bertz CT molecular complexity index is 786. The van der Waals surface area contributed by atoms with Gasteiger partial charge in [0.15, 0.2) is 0 Å². The van der Waals surface area contributed by atoms with Crippen LogP contribution in [-0.4, -0.2) is 78.8 Å². The van der Waals surface area contributed by atoms with E-state index in [1.165, 1.54) is 0 Å². The molecule has 8 heteroatoms. The lowest BCUT2D eigenvalue weighted by atomic mass is 10.1. The number of carbonyl (C=O) groups excluding carboxylic acids is 3. The minimum absolute atomic E-state index is 0.0705. The molecule has 0 aromatic heterocycles. The van der Waals surface area contributed by atoms with Crippen molar-refractivity contribution in [2.75, 3.05) is 46.4 Å². The molecule has 7 nitrogen and oxygen atoms in total. The quantitative estimate of drug-likeness (QED) is 0.732. The minimum atomic E-state index is -0.116. The highest BCUT2D eigenvalue weighted by molar-refractivity contribution is 6.31. The van der Waals surface area contributed by atoms with E-state index in [-0.39, 0.29) is 17.7 Å². The molecule has 0 spiro atoms. The molecular formula is C22H30ClN3O4. The van der Waals surface area contributed by atoms with Gasteiger partial charge in [0, 0.05) is 57.6 Å². The van der Waals surface area contributed by atoms with Crippen molar-refractivity contribution in [2.45, 2.75) is 38.5 Å². The van der Waals surface area contributed by atoms with Crippen LogP contribution < -0.4 is 4.74 Å². The lowest BCUT2D eigenvalue weighted by Gasteiger charge is -2.24. The highest BCUT2D eigenvalue weighted by Gasteiger charge is 2.23. The Morgan fingerprint density at radius 2 is 1.83 bits per heavy atom. The normalized spacial score (nSPS) is 18.9. The third kappa shape index (κ3) is 5.88. The van der Waals surface area contributed by atoms with Gasteiger partial charge in [-0.05, 0) is 43.9 Å². The largest absolute Gasteiger partial charge is 0.493 e. The minimum Gasteiger partial charge on any atom is -0.493 e. The predicted octanol–water partition coefficient (Wildman–Crippen LogP) is 2.82. The summed E-state index contributed by atoms with van der Waals surface area (Å²) in [6.45, 7) is 3.49. The Labute approximate surface area is 182 Å². The number of nitrogens with zero attached hydrogens (tertiary/aromatic N) is 3. The molecule has 0 N–H and O–H groups in total. The van der Waals surface area contributed by atoms with Crippen molar-refractivity contribution in [3.63, 3.8) is 0 Å². The molecule has 2 heterocycles. The number of hydrogen-bond acceptors (Lipinski definition) is 4. The third-order valence-corrected chi connectivity index (χ3v) is 5.87. The van der Waals surface area contributed by atoms with Crippen molar-refractivity contribution in [1.29, 1.82) is 0 Å². The summed E-state index contributed by atoms with van der Waals surface area (Å²) in [5.74, 6) is 0.615. The standard InChI is InChI=1S/C22H30ClN3O4/c1-24-10-2-3-11-25(21(28)9-14-26-12-4-6-20(26)27)13-5-15-30-19-8-7-17(23)16-18(19)22(24)29/h7-8,16H,2-6,9-15H2,1H3. The molecule has 0 unspecified atom stereocenters. The number of rotatable bonds is 3. The molecule has 1 aromatic rings. The molecule has 2 aliphatic rings. The molecule has 30 heavy (non-hydrogen) atoms. The second-order valence-corrected chi connectivity index (χ2v) is 8.33. The lowest BCUT2D eigenvalue weighted by molar-refractivity contribution is -0.133. The van der Waals surface area contributed by atoms with Crippen molar-refractivity contribution in [2.24, 2.45) is 0 Å². The van der Waals surface area contributed by atoms with E-state index in [1.807, 2.05) is 4.90 Å². The third-order valence-electron chi connectivity index (χ3n) is 5.64. The summed E-state index contributed by atoms with van der Waals surface area (Å²) in [6, 6.07) is 5.07. The van der Waals surface area contributed by atoms with Crippen molar-refractivity contribution >= 4 is 29.3 Å². The summed E-state index contributed by atoms with van der Waals surface area (Å²) >= 11 is 6.09. The fourth-order valence-corrected chi connectivity index (χ4v) is 4.05. The van der Waals surface area contributed by atoms with Crippen LogP contribution in [0.5, 0.6) is 5.75 Å². The molecule has 0 aliphatic carbocycles. The lowest BCUT2D eigenvalue weighted by Crippen LogP contribution is -2.37. The average molecular weight is 436 g/mol. The van der Waals surface area contributed by atoms with Crippen molar-refractivity contribution < 1.29 is 19.1 Å². The number of fused-ring (bicyclic) bond motifs is 1. The van der Waals surface area contributed by atoms with Gasteiger partial charge < -0.3 is 19.4 Å². The zero-order valence-electron chi connectivity index (χ0n) is 17.6. The van der Waals surface area contributed by atoms with Gasteiger partial charge in [-0.2, -0.15) is 0 Å². The molecule has 2 aliphatic heterocycles. The molecule has 1 aromatic carbocycles. The zero-order chi connectivity index (χ0) is 21.5. The Morgan fingerprint density at radius 3 is 2.60 bits per heavy atom. The number of amides is 3. The predicted molar refractivity (Wildman–Crippen MR) is 115 cm³/mol. The van der Waals surface area contributed by atoms with Crippen LogP contribution in [0.15, 0.2) is 18.2 Å². The van der Waals surface area contributed by atoms with E-state index >= 15 is 0 Å². The van der Waals surface area contributed by atoms with Gasteiger partial charge in [0.2, 0.25) is 11.8 Å². The number of hydrogen-bond donors (Lipinski definition) is 0. The molecule has 0 bridgehead atoms. The number of carbonyl (C=O) groups is 3. The highest BCUT2D eigenvalue weighted by Crippen LogP contribution is 2.25. The Balaban J connectivity index is 1.62. The summed E-state index contributed by atoms with van der Waals surface area (Å²) in [5.41, 5.74) is 0.465. The topological polar surface area (TPSA) is 70.2 Å². The van der Waals surface area contributed by atoms with Gasteiger partial charge in [-0.15, -0.1) is 0 Å². The van der Waals surface area contributed by atoms with E-state index in [0.717, 1.165) is 25.8 Å². The first-order chi connectivity index (χ1) is 14.5. The maximum Gasteiger partial charge on any atom is 0.257 e. The molecular weight excluding hydrogens is 406 g/mol. The molecule has 1 fully saturated rings. The van der Waals surface area contributed by atoms with Crippen molar-refractivity contribution in [3.8, 4) is 5.75 Å². The van der Waals surface area contributed by atoms with E-state index in [2.05, 4.69) is 0 Å². The van der Waals surface area contributed by atoms with E-state index in [0.29, 0.717) is 68.4 Å². The second-order valence-electron chi connectivity index (χ2n) is 7.89. The number of halogens is 1. The number of benzene rings is 1. The van der Waals surface area contributed by atoms with Crippen molar-refractivity contribution in [3.05, 3.63) is 28.8 Å². The fourth-order valence-electron chi connectivity index (χ4n) is 3.88. The molecule has 0 atom stereocenters. The zero-order valence-corrected chi connectivity index (χ0v) is 18.3. The Kier molecular flexibility index (Phi) is 7.96. The molecule has 0 saturated carbocycles. The van der Waals surface area contributed by atoms with Gasteiger partial charge in [-0.25, -0.2) is 0 Å². The smallest absolute Gasteiger partial charge is 0.257 e. The first-order valence-electron chi connectivity index (χ1n) is 10.7. The number of ether oxygens (including phenoxy) is 1. The summed E-state index contributed by atoms with van der Waals surface area (Å²) < 4.78 is 5.86.